The number of nitrogens with zero attached hydrogens (tertiary/aromatic N) is 1. The van der Waals surface area contributed by atoms with Crippen LogP contribution in [-0.2, 0) is 12.8 Å². The molecule has 0 spiro atoms. The van der Waals surface area contributed by atoms with Gasteiger partial charge in [-0.05, 0) is 57.2 Å². The molecule has 1 aromatic carbocycles. The van der Waals surface area contributed by atoms with Gasteiger partial charge in [-0.3, -0.25) is 4.99 Å². The van der Waals surface area contributed by atoms with Crippen LogP contribution in [0.4, 0.5) is 0 Å². The van der Waals surface area contributed by atoms with Gasteiger partial charge < -0.3 is 9.47 Å². The Morgan fingerprint density at radius 3 is 2.67 bits per heavy atom. The van der Waals surface area contributed by atoms with Crippen LogP contribution in [-0.4, -0.2) is 24.0 Å². The summed E-state index contributed by atoms with van der Waals surface area (Å²) in [5, 5.41) is 2.11. The van der Waals surface area contributed by atoms with E-state index in [0.29, 0.717) is 0 Å². The van der Waals surface area contributed by atoms with E-state index in [2.05, 4.69) is 51.3 Å². The number of fused-ring (bicyclic) bond motifs is 3. The first-order valence-corrected chi connectivity index (χ1v) is 9.23. The first kappa shape index (κ1) is 15.7. The maximum atomic E-state index is 6.22. The Hall–Kier alpha value is -1.81. The number of benzene rings is 1. The van der Waals surface area contributed by atoms with Crippen molar-refractivity contribution in [1.29, 1.82) is 0 Å². The molecular formula is C20H23NO2S. The van der Waals surface area contributed by atoms with E-state index in [1.54, 1.807) is 18.4 Å². The van der Waals surface area contributed by atoms with Crippen molar-refractivity contribution in [3.8, 4) is 11.5 Å². The van der Waals surface area contributed by atoms with Crippen molar-refractivity contribution in [2.75, 3.05) is 7.11 Å². The average Bonchev–Trinajstić information content (AvgIpc) is 3.10. The minimum atomic E-state index is -0.210. The van der Waals surface area contributed by atoms with Gasteiger partial charge in [0.25, 0.3) is 0 Å². The predicted octanol–water partition coefficient (Wildman–Crippen LogP) is 4.64. The number of hydrogen-bond acceptors (Lipinski definition) is 4. The smallest absolute Gasteiger partial charge is 0.166 e. The van der Waals surface area contributed by atoms with E-state index in [1.807, 2.05) is 0 Å². The number of methoxy groups -OCH3 is 1. The van der Waals surface area contributed by atoms with E-state index < -0.39 is 0 Å². The van der Waals surface area contributed by atoms with Crippen LogP contribution in [0.5, 0.6) is 11.5 Å². The number of aliphatic imine (C=N–C) groups is 1. The van der Waals surface area contributed by atoms with E-state index in [-0.39, 0.29) is 11.1 Å². The van der Waals surface area contributed by atoms with Gasteiger partial charge in [0.1, 0.15) is 5.60 Å². The summed E-state index contributed by atoms with van der Waals surface area (Å²) in [6, 6.07) is 6.40. The molecular weight excluding hydrogens is 318 g/mol. The van der Waals surface area contributed by atoms with Crippen LogP contribution < -0.4 is 9.47 Å². The zero-order valence-electron chi connectivity index (χ0n) is 14.9. The normalized spacial score (nSPS) is 20.0. The molecule has 0 N–H and O–H groups in total. The minimum Gasteiger partial charge on any atom is -0.493 e. The molecule has 4 rings (SSSR count). The fourth-order valence-electron chi connectivity index (χ4n) is 3.81. The zero-order valence-corrected chi connectivity index (χ0v) is 15.7. The Morgan fingerprint density at radius 2 is 2.00 bits per heavy atom. The SMILES string of the molecule is COc1cc2c(c3c1OC(C)(C)C3)C(c1cccs1)=NC(C)(C)C2. The van der Waals surface area contributed by atoms with Crippen molar-refractivity contribution in [3.05, 3.63) is 45.1 Å². The van der Waals surface area contributed by atoms with E-state index in [4.69, 9.17) is 14.5 Å². The zero-order chi connectivity index (χ0) is 17.1. The third-order valence-electron chi connectivity index (χ3n) is 4.66. The highest BCUT2D eigenvalue weighted by Crippen LogP contribution is 2.48. The van der Waals surface area contributed by atoms with Gasteiger partial charge in [0.2, 0.25) is 0 Å². The van der Waals surface area contributed by atoms with Crippen molar-refractivity contribution in [1.82, 2.24) is 0 Å². The second-order valence-electron chi connectivity index (χ2n) is 7.89. The molecule has 2 aliphatic rings. The quantitative estimate of drug-likeness (QED) is 0.796. The largest absolute Gasteiger partial charge is 0.493 e. The lowest BCUT2D eigenvalue weighted by Crippen LogP contribution is -2.30. The lowest BCUT2D eigenvalue weighted by atomic mass is 9.82. The number of rotatable bonds is 2. The van der Waals surface area contributed by atoms with E-state index in [9.17, 15) is 0 Å². The Labute approximate surface area is 147 Å². The fourth-order valence-corrected chi connectivity index (χ4v) is 4.53. The first-order chi connectivity index (χ1) is 11.3. The van der Waals surface area contributed by atoms with Crippen LogP contribution in [0.3, 0.4) is 0 Å². The summed E-state index contributed by atoms with van der Waals surface area (Å²) < 4.78 is 11.9. The monoisotopic (exact) mass is 341 g/mol. The number of ether oxygens (including phenoxy) is 2. The lowest BCUT2D eigenvalue weighted by molar-refractivity contribution is 0.134. The van der Waals surface area contributed by atoms with Gasteiger partial charge in [0, 0.05) is 17.5 Å². The second kappa shape index (κ2) is 5.09. The van der Waals surface area contributed by atoms with Crippen LogP contribution in [0.15, 0.2) is 28.6 Å². The summed E-state index contributed by atoms with van der Waals surface area (Å²) in [7, 11) is 1.72. The summed E-state index contributed by atoms with van der Waals surface area (Å²) in [6.07, 6.45) is 1.80. The lowest BCUT2D eigenvalue weighted by Gasteiger charge is -2.30. The number of thiophene rings is 1. The van der Waals surface area contributed by atoms with Crippen molar-refractivity contribution >= 4 is 17.0 Å². The predicted molar refractivity (Wildman–Crippen MR) is 99.1 cm³/mol. The Bertz CT molecular complexity index is 832. The van der Waals surface area contributed by atoms with Gasteiger partial charge in [0.05, 0.1) is 23.2 Å². The van der Waals surface area contributed by atoms with Gasteiger partial charge >= 0.3 is 0 Å². The van der Waals surface area contributed by atoms with Gasteiger partial charge in [-0.1, -0.05) is 6.07 Å². The van der Waals surface area contributed by atoms with Crippen LogP contribution in [0.25, 0.3) is 0 Å². The first-order valence-electron chi connectivity index (χ1n) is 8.35. The standard InChI is InChI=1S/C20H23NO2S/c1-19(2)10-12-9-14(22-5)18-13(11-20(3,4)23-18)16(12)17(21-19)15-7-6-8-24-15/h6-9H,10-11H2,1-5H3. The molecule has 2 aromatic rings. The van der Waals surface area contributed by atoms with Gasteiger partial charge in [-0.2, -0.15) is 0 Å². The van der Waals surface area contributed by atoms with E-state index >= 15 is 0 Å². The maximum absolute atomic E-state index is 6.22. The summed E-state index contributed by atoms with van der Waals surface area (Å²) in [6.45, 7) is 8.66. The minimum absolute atomic E-state index is 0.111. The molecule has 24 heavy (non-hydrogen) atoms. The topological polar surface area (TPSA) is 30.8 Å². The highest BCUT2D eigenvalue weighted by atomic mass is 32.1. The molecule has 0 radical (unpaired) electrons. The molecule has 0 saturated carbocycles. The van der Waals surface area contributed by atoms with Crippen LogP contribution in [0.2, 0.25) is 0 Å². The summed E-state index contributed by atoms with van der Waals surface area (Å²) in [5.41, 5.74) is 4.61. The highest BCUT2D eigenvalue weighted by Gasteiger charge is 2.39. The third kappa shape index (κ3) is 2.44. The Morgan fingerprint density at radius 1 is 1.21 bits per heavy atom. The van der Waals surface area contributed by atoms with Crippen molar-refractivity contribution in [2.24, 2.45) is 4.99 Å². The molecule has 126 valence electrons. The maximum Gasteiger partial charge on any atom is 0.166 e. The molecule has 0 amide bonds. The highest BCUT2D eigenvalue weighted by molar-refractivity contribution is 7.12. The van der Waals surface area contributed by atoms with Crippen molar-refractivity contribution in [2.45, 2.75) is 51.7 Å². The molecule has 0 atom stereocenters. The molecule has 1 aromatic heterocycles. The molecule has 2 aliphatic heterocycles. The number of hydrogen-bond donors (Lipinski definition) is 0. The van der Waals surface area contributed by atoms with Crippen molar-refractivity contribution in [3.63, 3.8) is 0 Å². The van der Waals surface area contributed by atoms with Crippen LogP contribution in [0.1, 0.15) is 49.3 Å². The fraction of sp³-hybridized carbons (Fsp3) is 0.450. The second-order valence-corrected chi connectivity index (χ2v) is 8.83. The molecule has 0 unspecified atom stereocenters. The van der Waals surface area contributed by atoms with Gasteiger partial charge in [0.15, 0.2) is 11.5 Å². The van der Waals surface area contributed by atoms with Crippen LogP contribution >= 0.6 is 11.3 Å². The summed E-state index contributed by atoms with van der Waals surface area (Å²) in [4.78, 5) is 6.33. The molecule has 0 fully saturated rings. The van der Waals surface area contributed by atoms with E-state index in [1.165, 1.54) is 21.6 Å². The molecule has 3 heterocycles. The molecule has 0 bridgehead atoms. The molecule has 0 aliphatic carbocycles. The van der Waals surface area contributed by atoms with Crippen molar-refractivity contribution < 1.29 is 9.47 Å². The Balaban J connectivity index is 2.00. The third-order valence-corrected chi connectivity index (χ3v) is 5.53. The molecule has 0 saturated heterocycles. The average molecular weight is 341 g/mol. The molecule has 3 nitrogen and oxygen atoms in total. The van der Waals surface area contributed by atoms with E-state index in [0.717, 1.165) is 30.1 Å². The summed E-state index contributed by atoms with van der Waals surface area (Å²) in [5.74, 6) is 1.74. The van der Waals surface area contributed by atoms with Gasteiger partial charge in [-0.15, -0.1) is 11.3 Å². The van der Waals surface area contributed by atoms with Crippen LogP contribution in [0, 0.1) is 0 Å². The Kier molecular flexibility index (Phi) is 3.33. The van der Waals surface area contributed by atoms with Gasteiger partial charge in [-0.25, -0.2) is 0 Å². The summed E-state index contributed by atoms with van der Waals surface area (Å²) >= 11 is 1.75. The molecule has 4 heteroatoms.